The zero-order chi connectivity index (χ0) is 18.7. The number of aryl methyl sites for hydroxylation is 1. The molecule has 5 atom stereocenters. The molecule has 144 valence electrons. The lowest BCUT2D eigenvalue weighted by atomic mass is 9.55. The molecule has 6 nitrogen and oxygen atoms in total. The maximum atomic E-state index is 11.4. The van der Waals surface area contributed by atoms with Gasteiger partial charge in [0.2, 0.25) is 0 Å². The highest BCUT2D eigenvalue weighted by molar-refractivity contribution is 7.90. The SMILES string of the molecule is COc1cc2c(cc1NS(N)(=O)=O)CC[C@@H]1[C@@H]2CC[C@]2(C)[C@@H](O)CC[C@@H]12. The number of methoxy groups -OCH3 is 1. The van der Waals surface area contributed by atoms with Crippen LogP contribution in [0.5, 0.6) is 5.75 Å². The molecule has 26 heavy (non-hydrogen) atoms. The van der Waals surface area contributed by atoms with Crippen molar-refractivity contribution in [2.45, 2.75) is 57.5 Å². The van der Waals surface area contributed by atoms with E-state index in [1.54, 1.807) is 7.11 Å². The second-order valence-electron chi connectivity index (χ2n) is 8.45. The summed E-state index contributed by atoms with van der Waals surface area (Å²) in [6, 6.07) is 3.87. The first-order valence-corrected chi connectivity index (χ1v) is 11.0. The Morgan fingerprint density at radius 2 is 2.04 bits per heavy atom. The molecular formula is C19H28N2O4S. The van der Waals surface area contributed by atoms with Crippen molar-refractivity contribution in [1.82, 2.24) is 0 Å². The van der Waals surface area contributed by atoms with Gasteiger partial charge < -0.3 is 9.84 Å². The minimum atomic E-state index is -3.84. The van der Waals surface area contributed by atoms with Crippen LogP contribution in [-0.2, 0) is 16.6 Å². The van der Waals surface area contributed by atoms with Gasteiger partial charge in [-0.3, -0.25) is 4.72 Å². The van der Waals surface area contributed by atoms with Crippen molar-refractivity contribution in [3.8, 4) is 5.75 Å². The van der Waals surface area contributed by atoms with Crippen LogP contribution in [0.25, 0.3) is 0 Å². The molecule has 0 saturated heterocycles. The van der Waals surface area contributed by atoms with E-state index in [0.717, 1.165) is 38.5 Å². The average molecular weight is 381 g/mol. The van der Waals surface area contributed by atoms with Crippen molar-refractivity contribution < 1.29 is 18.3 Å². The van der Waals surface area contributed by atoms with Gasteiger partial charge in [-0.25, -0.2) is 5.14 Å². The van der Waals surface area contributed by atoms with Gasteiger partial charge in [-0.2, -0.15) is 8.42 Å². The fraction of sp³-hybridized carbons (Fsp3) is 0.684. The standard InChI is InChI=1S/C19H28N2O4S/c1-19-8-7-12-13(15(19)5-6-18(19)22)4-3-11-9-16(21-26(20,23)24)17(25-2)10-14(11)12/h9-10,12-13,15,18,21-22H,3-8H2,1-2H3,(H2,20,23,24)/t12-,13+,15-,18-,19-/m0/s1. The Bertz CT molecular complexity index is 825. The van der Waals surface area contributed by atoms with Gasteiger partial charge >= 0.3 is 0 Å². The van der Waals surface area contributed by atoms with E-state index in [-0.39, 0.29) is 11.5 Å². The van der Waals surface area contributed by atoms with E-state index in [1.807, 2.05) is 12.1 Å². The van der Waals surface area contributed by atoms with E-state index in [4.69, 9.17) is 9.88 Å². The molecule has 0 aromatic heterocycles. The van der Waals surface area contributed by atoms with Gasteiger partial charge in [-0.15, -0.1) is 0 Å². The Labute approximate surface area is 155 Å². The minimum absolute atomic E-state index is 0.0535. The first-order chi connectivity index (χ1) is 12.2. The molecule has 0 bridgehead atoms. The van der Waals surface area contributed by atoms with Crippen molar-refractivity contribution in [3.05, 3.63) is 23.3 Å². The summed E-state index contributed by atoms with van der Waals surface area (Å²) in [6.45, 7) is 2.26. The third kappa shape index (κ3) is 2.80. The lowest BCUT2D eigenvalue weighted by Gasteiger charge is -2.50. The smallest absolute Gasteiger partial charge is 0.296 e. The van der Waals surface area contributed by atoms with E-state index in [9.17, 15) is 13.5 Å². The summed E-state index contributed by atoms with van der Waals surface area (Å²) < 4.78 is 30.7. The molecule has 4 N–H and O–H groups in total. The molecule has 0 heterocycles. The third-order valence-electron chi connectivity index (χ3n) is 7.25. The highest BCUT2D eigenvalue weighted by Gasteiger charge is 2.54. The number of aliphatic hydroxyl groups excluding tert-OH is 1. The second-order valence-corrected chi connectivity index (χ2v) is 9.75. The Morgan fingerprint density at radius 3 is 2.73 bits per heavy atom. The molecule has 0 unspecified atom stereocenters. The van der Waals surface area contributed by atoms with Crippen molar-refractivity contribution in [2.75, 3.05) is 11.8 Å². The van der Waals surface area contributed by atoms with Gasteiger partial charge in [0.15, 0.2) is 0 Å². The van der Waals surface area contributed by atoms with E-state index in [0.29, 0.717) is 29.2 Å². The molecular weight excluding hydrogens is 352 g/mol. The fourth-order valence-electron chi connectivity index (χ4n) is 5.97. The van der Waals surface area contributed by atoms with Crippen LogP contribution in [0.2, 0.25) is 0 Å². The maximum Gasteiger partial charge on any atom is 0.296 e. The first-order valence-electron chi connectivity index (χ1n) is 9.42. The van der Waals surface area contributed by atoms with Crippen LogP contribution < -0.4 is 14.6 Å². The number of rotatable bonds is 3. The van der Waals surface area contributed by atoms with Crippen molar-refractivity contribution in [2.24, 2.45) is 22.4 Å². The molecule has 1 aromatic carbocycles. The molecule has 0 spiro atoms. The highest BCUT2D eigenvalue weighted by Crippen LogP contribution is 2.61. The third-order valence-corrected chi connectivity index (χ3v) is 7.75. The van der Waals surface area contributed by atoms with E-state index in [1.165, 1.54) is 11.1 Å². The summed E-state index contributed by atoms with van der Waals surface area (Å²) in [6.07, 6.45) is 5.96. The lowest BCUT2D eigenvalue weighted by molar-refractivity contribution is -0.0226. The summed E-state index contributed by atoms with van der Waals surface area (Å²) in [4.78, 5) is 0. The zero-order valence-corrected chi connectivity index (χ0v) is 16.2. The maximum absolute atomic E-state index is 11.4. The quantitative estimate of drug-likeness (QED) is 0.750. The van der Waals surface area contributed by atoms with Crippen LogP contribution in [0.15, 0.2) is 12.1 Å². The highest BCUT2D eigenvalue weighted by atomic mass is 32.2. The number of anilines is 1. The molecule has 0 radical (unpaired) electrons. The predicted octanol–water partition coefficient (Wildman–Crippen LogP) is 2.53. The van der Waals surface area contributed by atoms with Crippen LogP contribution in [0.4, 0.5) is 5.69 Å². The van der Waals surface area contributed by atoms with Crippen molar-refractivity contribution in [3.63, 3.8) is 0 Å². The topological polar surface area (TPSA) is 102 Å². The Kier molecular flexibility index (Phi) is 4.24. The summed E-state index contributed by atoms with van der Waals surface area (Å²) >= 11 is 0. The van der Waals surface area contributed by atoms with E-state index < -0.39 is 10.2 Å². The fourth-order valence-corrected chi connectivity index (χ4v) is 6.44. The zero-order valence-electron chi connectivity index (χ0n) is 15.4. The summed E-state index contributed by atoms with van der Waals surface area (Å²) in [5, 5.41) is 15.6. The number of nitrogens with one attached hydrogen (secondary N) is 1. The van der Waals surface area contributed by atoms with Gasteiger partial charge in [0, 0.05) is 0 Å². The molecule has 3 aliphatic carbocycles. The van der Waals surface area contributed by atoms with Crippen LogP contribution in [0.3, 0.4) is 0 Å². The van der Waals surface area contributed by atoms with Gasteiger partial charge in [-0.05, 0) is 85.0 Å². The van der Waals surface area contributed by atoms with Crippen LogP contribution in [0.1, 0.15) is 56.1 Å². The molecule has 0 amide bonds. The monoisotopic (exact) mass is 380 g/mol. The second kappa shape index (κ2) is 6.11. The Morgan fingerprint density at radius 1 is 1.27 bits per heavy atom. The molecule has 7 heteroatoms. The molecule has 0 aliphatic heterocycles. The summed E-state index contributed by atoms with van der Waals surface area (Å²) in [7, 11) is -2.30. The van der Waals surface area contributed by atoms with E-state index >= 15 is 0 Å². The number of hydrogen-bond donors (Lipinski definition) is 3. The number of aliphatic hydroxyl groups is 1. The predicted molar refractivity (Wildman–Crippen MR) is 100 cm³/mol. The molecule has 2 saturated carbocycles. The van der Waals surface area contributed by atoms with Gasteiger partial charge in [0.05, 0.1) is 18.9 Å². The minimum Gasteiger partial charge on any atom is -0.495 e. The van der Waals surface area contributed by atoms with Crippen LogP contribution in [-0.4, -0.2) is 26.7 Å². The van der Waals surface area contributed by atoms with E-state index in [2.05, 4.69) is 11.6 Å². The Balaban J connectivity index is 1.70. The van der Waals surface area contributed by atoms with Crippen molar-refractivity contribution >= 4 is 15.9 Å². The molecule has 4 rings (SSSR count). The normalized spacial score (nSPS) is 36.0. The number of benzene rings is 1. The number of fused-ring (bicyclic) bond motifs is 5. The Hall–Kier alpha value is -1.31. The molecule has 1 aromatic rings. The number of hydrogen-bond acceptors (Lipinski definition) is 4. The van der Waals surface area contributed by atoms with Gasteiger partial charge in [-0.1, -0.05) is 6.92 Å². The van der Waals surface area contributed by atoms with Crippen LogP contribution >= 0.6 is 0 Å². The first kappa shape index (κ1) is 18.1. The summed E-state index contributed by atoms with van der Waals surface area (Å²) in [5.41, 5.74) is 2.92. The largest absolute Gasteiger partial charge is 0.495 e. The number of ether oxygens (including phenoxy) is 1. The van der Waals surface area contributed by atoms with Gasteiger partial charge in [0.1, 0.15) is 5.75 Å². The number of nitrogens with two attached hydrogens (primary N) is 1. The summed E-state index contributed by atoms with van der Waals surface area (Å²) in [5.74, 6) is 2.12. The van der Waals surface area contributed by atoms with Crippen LogP contribution in [0, 0.1) is 17.3 Å². The molecule has 3 aliphatic rings. The van der Waals surface area contributed by atoms with Crippen molar-refractivity contribution in [1.29, 1.82) is 0 Å². The van der Waals surface area contributed by atoms with Gasteiger partial charge in [0.25, 0.3) is 10.2 Å². The average Bonchev–Trinajstić information content (AvgIpc) is 2.88. The molecule has 2 fully saturated rings. The lowest BCUT2D eigenvalue weighted by Crippen LogP contribution is -2.43.